The third-order valence-corrected chi connectivity index (χ3v) is 15.0. The number of nitrogens with one attached hydrogen (secondary N) is 1. The Bertz CT molecular complexity index is 1460. The van der Waals surface area contributed by atoms with Crippen molar-refractivity contribution in [3.8, 4) is 0 Å². The van der Waals surface area contributed by atoms with Gasteiger partial charge < -0.3 is 65.1 Å². The Morgan fingerprint density at radius 3 is 1.37 bits per heavy atom. The summed E-state index contributed by atoms with van der Waals surface area (Å²) in [7, 11) is 0. The number of hydrogen-bond donors (Lipinski definition) is 9. The lowest BCUT2D eigenvalue weighted by molar-refractivity contribution is -0.359. The molecule has 0 aromatic carbocycles. The molecular formula is C62H113NO13. The maximum atomic E-state index is 13.2. The van der Waals surface area contributed by atoms with E-state index in [9.17, 15) is 45.6 Å². The minimum absolute atomic E-state index is 0.249. The molecule has 2 fully saturated rings. The highest BCUT2D eigenvalue weighted by atomic mass is 16.7. The van der Waals surface area contributed by atoms with E-state index >= 15 is 0 Å². The van der Waals surface area contributed by atoms with E-state index < -0.39 is 86.8 Å². The van der Waals surface area contributed by atoms with Crippen LogP contribution in [0.3, 0.4) is 0 Å². The Balaban J connectivity index is 1.64. The van der Waals surface area contributed by atoms with Gasteiger partial charge >= 0.3 is 0 Å². The zero-order valence-corrected chi connectivity index (χ0v) is 47.7. The second-order valence-corrected chi connectivity index (χ2v) is 21.8. The van der Waals surface area contributed by atoms with Crippen molar-refractivity contribution in [2.45, 2.75) is 319 Å². The van der Waals surface area contributed by atoms with Gasteiger partial charge in [0, 0.05) is 6.42 Å². The van der Waals surface area contributed by atoms with E-state index in [1.54, 1.807) is 6.08 Å². The van der Waals surface area contributed by atoms with E-state index in [1.807, 2.05) is 6.08 Å². The summed E-state index contributed by atoms with van der Waals surface area (Å²) in [5.41, 5.74) is 0. The molecule has 2 saturated heterocycles. The highest BCUT2D eigenvalue weighted by Gasteiger charge is 2.51. The van der Waals surface area contributed by atoms with Crippen molar-refractivity contribution in [3.63, 3.8) is 0 Å². The molecule has 14 nitrogen and oxygen atoms in total. The van der Waals surface area contributed by atoms with Crippen LogP contribution in [0.2, 0.25) is 0 Å². The van der Waals surface area contributed by atoms with Gasteiger partial charge in [-0.25, -0.2) is 0 Å². The van der Waals surface area contributed by atoms with Crippen molar-refractivity contribution >= 4 is 5.91 Å². The Kier molecular flexibility index (Phi) is 44.0. The zero-order valence-electron chi connectivity index (χ0n) is 47.7. The SMILES string of the molecule is CCCCCCC/C=C\C/C=C\CCCCCCCCCCCCCCCCCCCCCC(=O)NC(COC1OC(CO)C(OC2OC(CO)C(O)C(O)C2O)C(O)C1O)C(O)/C=C/CC/C=C/CCCCCCC. The van der Waals surface area contributed by atoms with Crippen LogP contribution in [-0.4, -0.2) is 140 Å². The van der Waals surface area contributed by atoms with Gasteiger partial charge in [0.05, 0.1) is 32.0 Å². The number of ether oxygens (including phenoxy) is 4. The molecule has 444 valence electrons. The molecule has 12 atom stereocenters. The molecule has 76 heavy (non-hydrogen) atoms. The van der Waals surface area contributed by atoms with Gasteiger partial charge in [-0.05, 0) is 64.2 Å². The Hall–Kier alpha value is -2.05. The van der Waals surface area contributed by atoms with Crippen LogP contribution in [-0.2, 0) is 23.7 Å². The number of carbonyl (C=O) groups excluding carboxylic acids is 1. The van der Waals surface area contributed by atoms with Crippen molar-refractivity contribution in [2.75, 3.05) is 19.8 Å². The monoisotopic (exact) mass is 1080 g/mol. The predicted octanol–water partition coefficient (Wildman–Crippen LogP) is 10.8. The van der Waals surface area contributed by atoms with Gasteiger partial charge in [-0.2, -0.15) is 0 Å². The normalized spacial score (nSPS) is 25.2. The highest BCUT2D eigenvalue weighted by molar-refractivity contribution is 5.76. The second-order valence-electron chi connectivity index (χ2n) is 21.8. The quantitative estimate of drug-likeness (QED) is 0.0204. The maximum absolute atomic E-state index is 13.2. The smallest absolute Gasteiger partial charge is 0.220 e. The average molecular weight is 1080 g/mol. The van der Waals surface area contributed by atoms with Crippen LogP contribution in [0.25, 0.3) is 0 Å². The summed E-state index contributed by atoms with van der Waals surface area (Å²) >= 11 is 0. The number of carbonyl (C=O) groups is 1. The number of unbranched alkanes of at least 4 members (excludes halogenated alkanes) is 30. The molecule has 0 radical (unpaired) electrons. The van der Waals surface area contributed by atoms with Crippen molar-refractivity contribution in [1.29, 1.82) is 0 Å². The molecule has 2 heterocycles. The van der Waals surface area contributed by atoms with Gasteiger partial charge in [0.2, 0.25) is 5.91 Å². The number of amides is 1. The van der Waals surface area contributed by atoms with Crippen molar-refractivity contribution in [1.82, 2.24) is 5.32 Å². The number of aliphatic hydroxyl groups excluding tert-OH is 8. The summed E-state index contributed by atoms with van der Waals surface area (Å²) in [4.78, 5) is 13.2. The van der Waals surface area contributed by atoms with Gasteiger partial charge in [0.15, 0.2) is 12.6 Å². The molecule has 0 bridgehead atoms. The summed E-state index contributed by atoms with van der Waals surface area (Å²) in [5.74, 6) is -0.249. The second kappa shape index (κ2) is 47.7. The third-order valence-electron chi connectivity index (χ3n) is 15.0. The first-order valence-corrected chi connectivity index (χ1v) is 30.9. The minimum atomic E-state index is -1.79. The molecule has 1 amide bonds. The number of allylic oxidation sites excluding steroid dienone is 7. The number of rotatable bonds is 49. The van der Waals surface area contributed by atoms with E-state index in [-0.39, 0.29) is 18.9 Å². The van der Waals surface area contributed by atoms with Crippen LogP contribution < -0.4 is 5.32 Å². The fraction of sp³-hybridized carbons (Fsp3) is 0.855. The van der Waals surface area contributed by atoms with Crippen molar-refractivity contribution < 1.29 is 64.6 Å². The molecule has 0 spiro atoms. The molecule has 0 aromatic heterocycles. The Morgan fingerprint density at radius 2 is 0.882 bits per heavy atom. The summed E-state index contributed by atoms with van der Waals surface area (Å²) in [6.45, 7) is 2.74. The lowest BCUT2D eigenvalue weighted by Gasteiger charge is -2.46. The fourth-order valence-electron chi connectivity index (χ4n) is 9.99. The fourth-order valence-corrected chi connectivity index (χ4v) is 9.99. The summed E-state index contributed by atoms with van der Waals surface area (Å²) in [6.07, 6.45) is 43.3. The van der Waals surface area contributed by atoms with E-state index in [0.29, 0.717) is 12.8 Å². The topological polar surface area (TPSA) is 228 Å². The molecule has 2 rings (SSSR count). The van der Waals surface area contributed by atoms with Crippen molar-refractivity contribution in [3.05, 3.63) is 48.6 Å². The summed E-state index contributed by atoms with van der Waals surface area (Å²) in [5, 5.41) is 86.9. The van der Waals surface area contributed by atoms with Crippen LogP contribution in [0.1, 0.15) is 245 Å². The lowest BCUT2D eigenvalue weighted by atomic mass is 9.97. The highest BCUT2D eigenvalue weighted by Crippen LogP contribution is 2.30. The Morgan fingerprint density at radius 1 is 0.474 bits per heavy atom. The maximum Gasteiger partial charge on any atom is 0.220 e. The molecule has 0 aromatic rings. The minimum Gasteiger partial charge on any atom is -0.394 e. The lowest BCUT2D eigenvalue weighted by Crippen LogP contribution is -2.65. The molecule has 0 aliphatic carbocycles. The van der Waals surface area contributed by atoms with E-state index in [1.165, 1.54) is 173 Å². The Labute approximate surface area is 461 Å². The molecule has 2 aliphatic heterocycles. The third kappa shape index (κ3) is 32.9. The van der Waals surface area contributed by atoms with Gasteiger partial charge in [-0.3, -0.25) is 4.79 Å². The van der Waals surface area contributed by atoms with Crippen LogP contribution in [0, 0.1) is 0 Å². The molecule has 12 unspecified atom stereocenters. The van der Waals surface area contributed by atoms with E-state index in [4.69, 9.17) is 18.9 Å². The van der Waals surface area contributed by atoms with Crippen LogP contribution in [0.5, 0.6) is 0 Å². The van der Waals surface area contributed by atoms with Gasteiger partial charge in [0.25, 0.3) is 0 Å². The van der Waals surface area contributed by atoms with E-state index in [2.05, 4.69) is 55.6 Å². The van der Waals surface area contributed by atoms with Gasteiger partial charge in [-0.15, -0.1) is 0 Å². The summed E-state index contributed by atoms with van der Waals surface area (Å²) < 4.78 is 22.7. The average Bonchev–Trinajstić information content (AvgIpc) is 3.42. The molecule has 14 heteroatoms. The van der Waals surface area contributed by atoms with Crippen LogP contribution in [0.4, 0.5) is 0 Å². The van der Waals surface area contributed by atoms with Gasteiger partial charge in [-0.1, -0.05) is 223 Å². The standard InChI is InChI=1S/C62H113NO13/c1-3-5-7-9-11-13-15-16-17-18-19-20-21-22-23-24-25-26-27-28-29-30-31-32-33-34-36-38-40-42-44-46-54(67)63-50(51(66)45-43-41-39-37-35-14-12-10-8-6-4-2)49-73-61-59(72)57(70)60(53(48-65)75-61)76-62-58(71)56(69)55(68)52(47-64)74-62/h15-16,18-19,35,37,43,45,50-53,55-62,64-66,68-72H,3-14,17,20-34,36,38-42,44,46-49H2,1-2H3,(H,63,67)/b16-15-,19-18-,37-35+,45-43+. The first-order chi connectivity index (χ1) is 37.1. The van der Waals surface area contributed by atoms with Crippen LogP contribution in [0.15, 0.2) is 48.6 Å². The van der Waals surface area contributed by atoms with Crippen LogP contribution >= 0.6 is 0 Å². The molecule has 0 saturated carbocycles. The van der Waals surface area contributed by atoms with Crippen molar-refractivity contribution in [2.24, 2.45) is 0 Å². The number of aliphatic hydroxyl groups is 8. The number of hydrogen-bond acceptors (Lipinski definition) is 13. The van der Waals surface area contributed by atoms with E-state index in [0.717, 1.165) is 38.5 Å². The zero-order chi connectivity index (χ0) is 55.3. The first-order valence-electron chi connectivity index (χ1n) is 30.9. The molecule has 9 N–H and O–H groups in total. The predicted molar refractivity (Wildman–Crippen MR) is 304 cm³/mol. The first kappa shape index (κ1) is 70.1. The molecule has 2 aliphatic rings. The summed E-state index contributed by atoms with van der Waals surface area (Å²) in [6, 6.07) is -0.929. The molecular weight excluding hydrogens is 967 g/mol. The van der Waals surface area contributed by atoms with Gasteiger partial charge in [0.1, 0.15) is 48.8 Å². The largest absolute Gasteiger partial charge is 0.394 e.